The smallest absolute Gasteiger partial charge is 0.307 e. The van der Waals surface area contributed by atoms with E-state index < -0.39 is 6.87 Å². The molecular formula is C8H17ClNO2P. The van der Waals surface area contributed by atoms with E-state index in [-0.39, 0.29) is 6.04 Å². The Hall–Kier alpha value is 0.440. The van der Waals surface area contributed by atoms with Gasteiger partial charge in [0, 0.05) is 6.04 Å². The molecule has 0 radical (unpaired) electrons. The van der Waals surface area contributed by atoms with E-state index in [1.165, 1.54) is 19.3 Å². The van der Waals surface area contributed by atoms with Crippen molar-refractivity contribution in [3.8, 4) is 0 Å². The molecule has 1 atom stereocenters. The summed E-state index contributed by atoms with van der Waals surface area (Å²) in [5.41, 5.74) is 0. The maximum atomic E-state index is 11.5. The van der Waals surface area contributed by atoms with Gasteiger partial charge in [0.05, 0.1) is 6.61 Å². The zero-order chi connectivity index (χ0) is 9.73. The van der Waals surface area contributed by atoms with Crippen molar-refractivity contribution in [2.45, 2.75) is 45.1 Å². The average Bonchev–Trinajstić information content (AvgIpc) is 2.04. The summed E-state index contributed by atoms with van der Waals surface area (Å²) >= 11 is 5.69. The SMILES string of the molecule is CCOP(=O)(Cl)NC1CCCCC1. The van der Waals surface area contributed by atoms with Crippen LogP contribution in [-0.2, 0) is 9.09 Å². The lowest BCUT2D eigenvalue weighted by molar-refractivity contribution is 0.321. The molecular weight excluding hydrogens is 209 g/mol. The van der Waals surface area contributed by atoms with Crippen LogP contribution in [0.25, 0.3) is 0 Å². The van der Waals surface area contributed by atoms with Crippen LogP contribution in [0.4, 0.5) is 0 Å². The van der Waals surface area contributed by atoms with Gasteiger partial charge in [-0.15, -0.1) is 0 Å². The van der Waals surface area contributed by atoms with Crippen molar-refractivity contribution in [2.75, 3.05) is 6.61 Å². The zero-order valence-corrected chi connectivity index (χ0v) is 9.61. The Morgan fingerprint density at radius 1 is 1.46 bits per heavy atom. The summed E-state index contributed by atoms with van der Waals surface area (Å²) in [6.07, 6.45) is 5.79. The molecule has 0 aromatic carbocycles. The first-order valence-corrected chi connectivity index (χ1v) is 7.39. The lowest BCUT2D eigenvalue weighted by Crippen LogP contribution is -2.27. The highest BCUT2D eigenvalue weighted by molar-refractivity contribution is 7.83. The maximum absolute atomic E-state index is 11.5. The molecule has 3 nitrogen and oxygen atoms in total. The molecule has 5 heteroatoms. The van der Waals surface area contributed by atoms with Gasteiger partial charge < -0.3 is 4.52 Å². The van der Waals surface area contributed by atoms with Crippen LogP contribution in [0.1, 0.15) is 39.0 Å². The Morgan fingerprint density at radius 3 is 2.62 bits per heavy atom. The Labute approximate surface area is 84.5 Å². The molecule has 1 aliphatic rings. The van der Waals surface area contributed by atoms with E-state index in [1.807, 2.05) is 0 Å². The molecule has 78 valence electrons. The van der Waals surface area contributed by atoms with E-state index in [4.69, 9.17) is 15.8 Å². The van der Waals surface area contributed by atoms with Crippen molar-refractivity contribution in [3.63, 3.8) is 0 Å². The zero-order valence-electron chi connectivity index (χ0n) is 7.96. The first kappa shape index (κ1) is 11.5. The van der Waals surface area contributed by atoms with E-state index in [0.29, 0.717) is 6.61 Å². The first-order chi connectivity index (χ1) is 6.14. The topological polar surface area (TPSA) is 38.3 Å². The molecule has 1 unspecified atom stereocenters. The predicted molar refractivity (Wildman–Crippen MR) is 55.1 cm³/mol. The van der Waals surface area contributed by atoms with E-state index in [2.05, 4.69) is 5.09 Å². The third kappa shape index (κ3) is 4.46. The summed E-state index contributed by atoms with van der Waals surface area (Å²) in [4.78, 5) is 0. The fourth-order valence-electron chi connectivity index (χ4n) is 1.65. The van der Waals surface area contributed by atoms with Crippen LogP contribution < -0.4 is 5.09 Å². The van der Waals surface area contributed by atoms with Crippen LogP contribution in [0.2, 0.25) is 0 Å². The fraction of sp³-hybridized carbons (Fsp3) is 1.00. The van der Waals surface area contributed by atoms with Crippen LogP contribution in [0.5, 0.6) is 0 Å². The maximum Gasteiger partial charge on any atom is 0.360 e. The van der Waals surface area contributed by atoms with E-state index >= 15 is 0 Å². The standard InChI is InChI=1S/C8H17ClNO2P/c1-2-12-13(9,11)10-8-6-4-3-5-7-8/h8H,2-7H2,1H3,(H,10,11). The van der Waals surface area contributed by atoms with Gasteiger partial charge in [0.25, 0.3) is 0 Å². The van der Waals surface area contributed by atoms with Crippen LogP contribution in [0, 0.1) is 0 Å². The minimum absolute atomic E-state index is 0.281. The minimum atomic E-state index is -3.04. The van der Waals surface area contributed by atoms with Crippen molar-refractivity contribution in [3.05, 3.63) is 0 Å². The molecule has 0 saturated heterocycles. The molecule has 0 heterocycles. The molecule has 0 aromatic rings. The van der Waals surface area contributed by atoms with Crippen LogP contribution >= 0.6 is 18.1 Å². The molecule has 1 fully saturated rings. The molecule has 1 N–H and O–H groups in total. The molecule has 0 bridgehead atoms. The van der Waals surface area contributed by atoms with Crippen LogP contribution in [0.15, 0.2) is 0 Å². The predicted octanol–water partition coefficient (Wildman–Crippen LogP) is 3.29. The second-order valence-corrected chi connectivity index (χ2v) is 6.17. The van der Waals surface area contributed by atoms with Gasteiger partial charge in [0.2, 0.25) is 0 Å². The van der Waals surface area contributed by atoms with E-state index in [1.54, 1.807) is 6.92 Å². The van der Waals surface area contributed by atoms with Crippen LogP contribution in [-0.4, -0.2) is 12.6 Å². The quantitative estimate of drug-likeness (QED) is 0.746. The van der Waals surface area contributed by atoms with Crippen molar-refractivity contribution >= 4 is 18.1 Å². The summed E-state index contributed by atoms with van der Waals surface area (Å²) < 4.78 is 16.5. The van der Waals surface area contributed by atoms with E-state index in [9.17, 15) is 4.57 Å². The van der Waals surface area contributed by atoms with Gasteiger partial charge in [-0.25, -0.2) is 5.09 Å². The Bertz CT molecular complexity index is 195. The molecule has 0 spiro atoms. The second kappa shape index (κ2) is 5.35. The molecule has 1 aliphatic carbocycles. The molecule has 0 aromatic heterocycles. The summed E-state index contributed by atoms with van der Waals surface area (Å²) in [5.74, 6) is 0. The second-order valence-electron chi connectivity index (χ2n) is 3.36. The van der Waals surface area contributed by atoms with E-state index in [0.717, 1.165) is 12.8 Å². The lowest BCUT2D eigenvalue weighted by Gasteiger charge is -2.24. The third-order valence-electron chi connectivity index (χ3n) is 2.24. The highest BCUT2D eigenvalue weighted by atomic mass is 35.7. The number of rotatable bonds is 4. The Morgan fingerprint density at radius 2 is 2.08 bits per heavy atom. The number of hydrogen-bond donors (Lipinski definition) is 1. The number of hydrogen-bond acceptors (Lipinski definition) is 2. The molecule has 0 amide bonds. The number of nitrogens with one attached hydrogen (secondary N) is 1. The monoisotopic (exact) mass is 225 g/mol. The van der Waals surface area contributed by atoms with Gasteiger partial charge in [-0.05, 0) is 31.0 Å². The molecule has 1 rings (SSSR count). The Balaban J connectivity index is 2.32. The lowest BCUT2D eigenvalue weighted by atomic mass is 9.96. The summed E-state index contributed by atoms with van der Waals surface area (Å²) in [6, 6.07) is 0.281. The van der Waals surface area contributed by atoms with Gasteiger partial charge in [-0.1, -0.05) is 19.3 Å². The third-order valence-corrected chi connectivity index (χ3v) is 4.09. The summed E-state index contributed by atoms with van der Waals surface area (Å²) in [6.45, 7) is -0.860. The highest BCUT2D eigenvalue weighted by Crippen LogP contribution is 2.49. The van der Waals surface area contributed by atoms with Crippen LogP contribution in [0.3, 0.4) is 0 Å². The molecule has 13 heavy (non-hydrogen) atoms. The van der Waals surface area contributed by atoms with Crippen molar-refractivity contribution in [1.82, 2.24) is 5.09 Å². The van der Waals surface area contributed by atoms with Crippen molar-refractivity contribution in [2.24, 2.45) is 0 Å². The molecule has 0 aliphatic heterocycles. The van der Waals surface area contributed by atoms with Gasteiger partial charge in [0.1, 0.15) is 0 Å². The van der Waals surface area contributed by atoms with Gasteiger partial charge in [-0.3, -0.25) is 4.57 Å². The minimum Gasteiger partial charge on any atom is -0.307 e. The largest absolute Gasteiger partial charge is 0.360 e. The molecule has 1 saturated carbocycles. The summed E-state index contributed by atoms with van der Waals surface area (Å²) in [5, 5.41) is 2.89. The van der Waals surface area contributed by atoms with Gasteiger partial charge >= 0.3 is 6.87 Å². The number of halogens is 1. The first-order valence-electron chi connectivity index (χ1n) is 4.86. The van der Waals surface area contributed by atoms with Gasteiger partial charge in [-0.2, -0.15) is 0 Å². The normalized spacial score (nSPS) is 24.2. The average molecular weight is 226 g/mol. The van der Waals surface area contributed by atoms with Crippen molar-refractivity contribution < 1.29 is 9.09 Å². The fourth-order valence-corrected chi connectivity index (χ4v) is 3.46. The Kier molecular flexibility index (Phi) is 4.74. The van der Waals surface area contributed by atoms with Gasteiger partial charge in [0.15, 0.2) is 0 Å². The summed E-state index contributed by atoms with van der Waals surface area (Å²) in [7, 11) is 0. The van der Waals surface area contributed by atoms with Crippen molar-refractivity contribution in [1.29, 1.82) is 0 Å². The highest BCUT2D eigenvalue weighted by Gasteiger charge is 2.24.